The Kier molecular flexibility index (Phi) is 4.93. The SMILES string of the molecule is C#CC(C)(C)Oc1nc(NC)nc(N(CC)CC)n1. The molecule has 0 aromatic carbocycles. The van der Waals surface area contributed by atoms with Crippen LogP contribution >= 0.6 is 0 Å². The fourth-order valence-corrected chi connectivity index (χ4v) is 1.41. The zero-order chi connectivity index (χ0) is 14.5. The Balaban J connectivity index is 3.12. The van der Waals surface area contributed by atoms with Crippen LogP contribution in [-0.4, -0.2) is 40.7 Å². The van der Waals surface area contributed by atoms with E-state index in [2.05, 4.69) is 26.2 Å². The molecule has 0 aliphatic heterocycles. The second-order valence-electron chi connectivity index (χ2n) is 4.42. The molecule has 1 aromatic rings. The van der Waals surface area contributed by atoms with Gasteiger partial charge in [0, 0.05) is 20.1 Å². The van der Waals surface area contributed by atoms with E-state index in [0.29, 0.717) is 11.9 Å². The number of rotatable bonds is 6. The van der Waals surface area contributed by atoms with Crippen LogP contribution in [0.25, 0.3) is 0 Å². The maximum atomic E-state index is 5.61. The lowest BCUT2D eigenvalue weighted by atomic mass is 10.2. The molecule has 0 fully saturated rings. The molecule has 0 atom stereocenters. The molecule has 0 radical (unpaired) electrons. The molecule has 0 amide bonds. The number of ether oxygens (including phenoxy) is 1. The Bertz CT molecular complexity index is 463. The minimum atomic E-state index is -0.757. The number of nitrogens with one attached hydrogen (secondary N) is 1. The highest BCUT2D eigenvalue weighted by Gasteiger charge is 2.19. The Morgan fingerprint density at radius 2 is 1.89 bits per heavy atom. The number of anilines is 2. The molecule has 0 bridgehead atoms. The topological polar surface area (TPSA) is 63.2 Å². The van der Waals surface area contributed by atoms with E-state index in [1.165, 1.54) is 0 Å². The first-order valence-electron chi connectivity index (χ1n) is 6.31. The van der Waals surface area contributed by atoms with Gasteiger partial charge in [0.15, 0.2) is 5.60 Å². The van der Waals surface area contributed by atoms with E-state index in [-0.39, 0.29) is 6.01 Å². The summed E-state index contributed by atoms with van der Waals surface area (Å²) in [6.45, 7) is 9.26. The first kappa shape index (κ1) is 15.0. The summed E-state index contributed by atoms with van der Waals surface area (Å²) < 4.78 is 5.61. The lowest BCUT2D eigenvalue weighted by Gasteiger charge is -2.22. The third-order valence-corrected chi connectivity index (χ3v) is 2.57. The summed E-state index contributed by atoms with van der Waals surface area (Å²) in [4.78, 5) is 14.8. The van der Waals surface area contributed by atoms with E-state index in [0.717, 1.165) is 13.1 Å². The van der Waals surface area contributed by atoms with E-state index in [1.54, 1.807) is 20.9 Å². The summed E-state index contributed by atoms with van der Waals surface area (Å²) in [5.41, 5.74) is -0.757. The molecule has 0 aliphatic rings. The van der Waals surface area contributed by atoms with Gasteiger partial charge in [-0.3, -0.25) is 0 Å². The predicted octanol–water partition coefficient (Wildman–Crippen LogP) is 1.55. The van der Waals surface area contributed by atoms with Crippen LogP contribution in [0, 0.1) is 12.3 Å². The third-order valence-electron chi connectivity index (χ3n) is 2.57. The first-order chi connectivity index (χ1) is 8.95. The van der Waals surface area contributed by atoms with Gasteiger partial charge in [-0.1, -0.05) is 5.92 Å². The van der Waals surface area contributed by atoms with Crippen molar-refractivity contribution >= 4 is 11.9 Å². The summed E-state index contributed by atoms with van der Waals surface area (Å²) in [6, 6.07) is 0.226. The van der Waals surface area contributed by atoms with Crippen LogP contribution in [0.5, 0.6) is 6.01 Å². The van der Waals surface area contributed by atoms with Crippen molar-refractivity contribution < 1.29 is 4.74 Å². The molecule has 0 spiro atoms. The van der Waals surface area contributed by atoms with Crippen molar-refractivity contribution in [2.45, 2.75) is 33.3 Å². The van der Waals surface area contributed by atoms with Crippen LogP contribution in [0.3, 0.4) is 0 Å². The van der Waals surface area contributed by atoms with Crippen molar-refractivity contribution in [2.24, 2.45) is 0 Å². The summed E-state index contributed by atoms with van der Waals surface area (Å²) in [5.74, 6) is 3.58. The summed E-state index contributed by atoms with van der Waals surface area (Å²) in [6.07, 6.45) is 5.40. The molecule has 1 aromatic heterocycles. The van der Waals surface area contributed by atoms with Gasteiger partial charge in [-0.15, -0.1) is 6.42 Å². The number of hydrogen-bond acceptors (Lipinski definition) is 6. The van der Waals surface area contributed by atoms with Crippen LogP contribution in [0.1, 0.15) is 27.7 Å². The molecule has 0 aliphatic carbocycles. The monoisotopic (exact) mass is 263 g/mol. The fourth-order valence-electron chi connectivity index (χ4n) is 1.41. The van der Waals surface area contributed by atoms with Crippen LogP contribution < -0.4 is 15.0 Å². The highest BCUT2D eigenvalue weighted by atomic mass is 16.5. The zero-order valence-corrected chi connectivity index (χ0v) is 12.2. The lowest BCUT2D eigenvalue weighted by molar-refractivity contribution is 0.156. The molecule has 104 valence electrons. The van der Waals surface area contributed by atoms with E-state index in [4.69, 9.17) is 11.2 Å². The fraction of sp³-hybridized carbons (Fsp3) is 0.615. The molecule has 1 N–H and O–H groups in total. The van der Waals surface area contributed by atoms with E-state index < -0.39 is 5.60 Å². The smallest absolute Gasteiger partial charge is 0.324 e. The number of nitrogens with zero attached hydrogens (tertiary/aromatic N) is 4. The summed E-state index contributed by atoms with van der Waals surface area (Å²) in [5, 5.41) is 2.89. The second kappa shape index (κ2) is 6.23. The predicted molar refractivity (Wildman–Crippen MR) is 76.5 cm³/mol. The average molecular weight is 263 g/mol. The van der Waals surface area contributed by atoms with Crippen LogP contribution in [0.2, 0.25) is 0 Å². The minimum Gasteiger partial charge on any atom is -0.444 e. The van der Waals surface area contributed by atoms with Crippen molar-refractivity contribution in [3.8, 4) is 18.4 Å². The van der Waals surface area contributed by atoms with Crippen LogP contribution in [-0.2, 0) is 0 Å². The Hall–Kier alpha value is -2.03. The summed E-state index contributed by atoms with van der Waals surface area (Å²) in [7, 11) is 1.75. The van der Waals surface area contributed by atoms with Crippen molar-refractivity contribution in [1.29, 1.82) is 0 Å². The molecule has 1 rings (SSSR count). The van der Waals surface area contributed by atoms with Gasteiger partial charge in [0.05, 0.1) is 0 Å². The molecule has 0 saturated carbocycles. The van der Waals surface area contributed by atoms with Gasteiger partial charge in [0.25, 0.3) is 0 Å². The Labute approximate surface area is 114 Å². The van der Waals surface area contributed by atoms with Gasteiger partial charge in [-0.25, -0.2) is 0 Å². The van der Waals surface area contributed by atoms with E-state index in [9.17, 15) is 0 Å². The quantitative estimate of drug-likeness (QED) is 0.786. The van der Waals surface area contributed by atoms with Gasteiger partial charge in [-0.05, 0) is 27.7 Å². The van der Waals surface area contributed by atoms with Gasteiger partial charge in [0.1, 0.15) is 0 Å². The minimum absolute atomic E-state index is 0.226. The van der Waals surface area contributed by atoms with Crippen molar-refractivity contribution in [3.05, 3.63) is 0 Å². The number of aromatic nitrogens is 3. The molecule has 0 unspecified atom stereocenters. The second-order valence-corrected chi connectivity index (χ2v) is 4.42. The van der Waals surface area contributed by atoms with Crippen molar-refractivity contribution in [2.75, 3.05) is 30.4 Å². The molecule has 19 heavy (non-hydrogen) atoms. The molecule has 0 saturated heterocycles. The van der Waals surface area contributed by atoms with E-state index in [1.807, 2.05) is 18.7 Å². The van der Waals surface area contributed by atoms with Crippen LogP contribution in [0.15, 0.2) is 0 Å². The van der Waals surface area contributed by atoms with Gasteiger partial charge in [-0.2, -0.15) is 15.0 Å². The first-order valence-corrected chi connectivity index (χ1v) is 6.31. The highest BCUT2D eigenvalue weighted by Crippen LogP contribution is 2.18. The zero-order valence-electron chi connectivity index (χ0n) is 12.2. The molecule has 6 nitrogen and oxygen atoms in total. The highest BCUT2D eigenvalue weighted by molar-refractivity contribution is 5.38. The molecular formula is C13H21N5O. The molecule has 1 heterocycles. The molecule has 6 heteroatoms. The maximum absolute atomic E-state index is 5.61. The van der Waals surface area contributed by atoms with Gasteiger partial charge < -0.3 is 15.0 Å². The largest absolute Gasteiger partial charge is 0.444 e. The third kappa shape index (κ3) is 3.98. The molecular weight excluding hydrogens is 242 g/mol. The number of hydrogen-bond donors (Lipinski definition) is 1. The van der Waals surface area contributed by atoms with Gasteiger partial charge in [0.2, 0.25) is 11.9 Å². The van der Waals surface area contributed by atoms with E-state index >= 15 is 0 Å². The van der Waals surface area contributed by atoms with Crippen molar-refractivity contribution in [3.63, 3.8) is 0 Å². The average Bonchev–Trinajstić information content (AvgIpc) is 2.39. The maximum Gasteiger partial charge on any atom is 0.324 e. The standard InChI is InChI=1S/C13H21N5O/c1-7-13(4,5)19-12-16-10(14-6)15-11(17-12)18(8-2)9-3/h1H,8-9H2,2-6H3,(H,14,15,16,17). The Morgan fingerprint density at radius 1 is 1.26 bits per heavy atom. The Morgan fingerprint density at radius 3 is 2.37 bits per heavy atom. The number of terminal acetylenes is 1. The summed E-state index contributed by atoms with van der Waals surface area (Å²) >= 11 is 0. The van der Waals surface area contributed by atoms with Crippen LogP contribution in [0.4, 0.5) is 11.9 Å². The van der Waals surface area contributed by atoms with Gasteiger partial charge >= 0.3 is 6.01 Å². The van der Waals surface area contributed by atoms with Crippen molar-refractivity contribution in [1.82, 2.24) is 15.0 Å². The lowest BCUT2D eigenvalue weighted by Crippen LogP contribution is -2.29. The normalized spacial score (nSPS) is 10.7.